The van der Waals surface area contributed by atoms with Gasteiger partial charge >= 0.3 is 0 Å². The largest absolute Gasteiger partial charge is 0.493 e. The molecule has 1 aromatic carbocycles. The normalized spacial score (nSPS) is 16.7. The van der Waals surface area contributed by atoms with Crippen LogP contribution in [-0.4, -0.2) is 26.1 Å². The summed E-state index contributed by atoms with van der Waals surface area (Å²) in [6.45, 7) is 14.3. The van der Waals surface area contributed by atoms with Crippen LogP contribution >= 0.6 is 0 Å². The lowest BCUT2D eigenvalue weighted by Gasteiger charge is -2.28. The zero-order valence-electron chi connectivity index (χ0n) is 19.5. The van der Waals surface area contributed by atoms with Crippen molar-refractivity contribution in [2.75, 3.05) is 19.7 Å². The number of allylic oxidation sites excluding steroid dienone is 4. The number of carbonyl (C=O) groups excluding carboxylic acids is 1. The molecule has 0 fully saturated rings. The average Bonchev–Trinajstić information content (AvgIpc) is 2.66. The second-order valence-corrected chi connectivity index (χ2v) is 8.94. The molecule has 0 radical (unpaired) electrons. The van der Waals surface area contributed by atoms with E-state index in [1.165, 1.54) is 24.1 Å². The molecule has 1 aromatic rings. The zero-order chi connectivity index (χ0) is 22.6. The third-order valence-corrected chi connectivity index (χ3v) is 4.70. The molecule has 1 unspecified atom stereocenters. The van der Waals surface area contributed by atoms with Crippen molar-refractivity contribution in [3.05, 3.63) is 52.9 Å². The van der Waals surface area contributed by atoms with Gasteiger partial charge in [-0.3, -0.25) is 4.79 Å². The van der Waals surface area contributed by atoms with E-state index < -0.39 is 0 Å². The van der Waals surface area contributed by atoms with Gasteiger partial charge in [0.2, 0.25) is 6.41 Å². The standard InChI is InChI=1S/C18H28N2O2.C7H11F/c1-18(2,3)12-14-5-6-17-15(11-14)16(7-10-22-17)20-9-4-8-19-13-21;1-4-6(2)5-7(3)8/h5-6,11,13,16,20H,4,7-10,12H2,1-3H3,(H,19,21);4-5H,1-3H3/b;6-4-,7-5+. The number of ether oxygens (including phenoxy) is 1. The molecule has 1 aliphatic heterocycles. The molecule has 1 atom stereocenters. The molecular weight excluding hydrogens is 379 g/mol. The molecule has 30 heavy (non-hydrogen) atoms. The van der Waals surface area contributed by atoms with Crippen molar-refractivity contribution >= 4 is 6.41 Å². The summed E-state index contributed by atoms with van der Waals surface area (Å²) >= 11 is 0. The number of carbonyl (C=O) groups is 1. The molecule has 0 saturated carbocycles. The molecule has 2 rings (SSSR count). The monoisotopic (exact) mass is 418 g/mol. The van der Waals surface area contributed by atoms with Gasteiger partial charge in [-0.25, -0.2) is 4.39 Å². The van der Waals surface area contributed by atoms with Gasteiger partial charge in [0.1, 0.15) is 5.75 Å². The molecule has 0 saturated heterocycles. The maximum absolute atomic E-state index is 12.0. The van der Waals surface area contributed by atoms with E-state index in [0.717, 1.165) is 56.7 Å². The van der Waals surface area contributed by atoms with Gasteiger partial charge in [-0.15, -0.1) is 0 Å². The lowest BCUT2D eigenvalue weighted by molar-refractivity contribution is -0.109. The van der Waals surface area contributed by atoms with E-state index in [4.69, 9.17) is 4.74 Å². The maximum atomic E-state index is 12.0. The van der Waals surface area contributed by atoms with Crippen molar-refractivity contribution in [1.29, 1.82) is 0 Å². The number of hydrogen-bond acceptors (Lipinski definition) is 3. The number of rotatable bonds is 8. The fourth-order valence-electron chi connectivity index (χ4n) is 3.30. The summed E-state index contributed by atoms with van der Waals surface area (Å²) in [4.78, 5) is 10.2. The van der Waals surface area contributed by atoms with Gasteiger partial charge in [-0.05, 0) is 63.3 Å². The summed E-state index contributed by atoms with van der Waals surface area (Å²) in [5.41, 5.74) is 3.89. The molecule has 0 aliphatic carbocycles. The first-order valence-electron chi connectivity index (χ1n) is 10.8. The third kappa shape index (κ3) is 10.6. The Morgan fingerprint density at radius 3 is 2.57 bits per heavy atom. The van der Waals surface area contributed by atoms with Crippen LogP contribution in [0.4, 0.5) is 4.39 Å². The molecule has 0 bridgehead atoms. The van der Waals surface area contributed by atoms with Crippen molar-refractivity contribution in [2.45, 2.75) is 66.8 Å². The van der Waals surface area contributed by atoms with Gasteiger partial charge in [-0.2, -0.15) is 0 Å². The number of benzene rings is 1. The maximum Gasteiger partial charge on any atom is 0.207 e. The van der Waals surface area contributed by atoms with Crippen molar-refractivity contribution in [2.24, 2.45) is 5.41 Å². The number of nitrogens with one attached hydrogen (secondary N) is 2. The number of fused-ring (bicyclic) bond motifs is 1. The van der Waals surface area contributed by atoms with Crippen LogP contribution in [0, 0.1) is 5.41 Å². The Kier molecular flexibility index (Phi) is 11.4. The number of hydrogen-bond donors (Lipinski definition) is 2. The van der Waals surface area contributed by atoms with E-state index in [2.05, 4.69) is 49.6 Å². The third-order valence-electron chi connectivity index (χ3n) is 4.70. The fraction of sp³-hybridized carbons (Fsp3) is 0.560. The van der Waals surface area contributed by atoms with Gasteiger partial charge in [0.25, 0.3) is 0 Å². The van der Waals surface area contributed by atoms with Gasteiger partial charge in [0.05, 0.1) is 12.4 Å². The summed E-state index contributed by atoms with van der Waals surface area (Å²) in [5.74, 6) is 0.869. The minimum absolute atomic E-state index is 0.138. The van der Waals surface area contributed by atoms with E-state index in [1.807, 2.05) is 19.9 Å². The second kappa shape index (κ2) is 13.2. The first-order chi connectivity index (χ1) is 14.2. The van der Waals surface area contributed by atoms with Crippen molar-refractivity contribution < 1.29 is 13.9 Å². The molecule has 2 N–H and O–H groups in total. The van der Waals surface area contributed by atoms with Crippen LogP contribution < -0.4 is 15.4 Å². The summed E-state index contributed by atoms with van der Waals surface area (Å²) < 4.78 is 17.7. The number of amides is 1. The van der Waals surface area contributed by atoms with Gasteiger partial charge in [0.15, 0.2) is 0 Å². The predicted octanol–water partition coefficient (Wildman–Crippen LogP) is 5.65. The van der Waals surface area contributed by atoms with E-state index >= 15 is 0 Å². The van der Waals surface area contributed by atoms with Crippen molar-refractivity contribution in [3.8, 4) is 5.75 Å². The average molecular weight is 419 g/mol. The molecule has 0 spiro atoms. The molecule has 1 heterocycles. The Bertz CT molecular complexity index is 716. The predicted molar refractivity (Wildman–Crippen MR) is 123 cm³/mol. The highest BCUT2D eigenvalue weighted by molar-refractivity contribution is 5.45. The van der Waals surface area contributed by atoms with E-state index in [0.29, 0.717) is 6.04 Å². The molecule has 168 valence electrons. The lowest BCUT2D eigenvalue weighted by Crippen LogP contribution is -2.29. The molecular formula is C25H39FN2O2. The van der Waals surface area contributed by atoms with E-state index in [9.17, 15) is 9.18 Å². The minimum atomic E-state index is -0.138. The Morgan fingerprint density at radius 1 is 1.27 bits per heavy atom. The topological polar surface area (TPSA) is 50.4 Å². The first kappa shape index (κ1) is 25.9. The molecule has 0 aromatic heterocycles. The highest BCUT2D eigenvalue weighted by Crippen LogP contribution is 2.34. The summed E-state index contributed by atoms with van der Waals surface area (Å²) in [6, 6.07) is 6.93. The molecule has 5 heteroatoms. The quantitative estimate of drug-likeness (QED) is 0.326. The number of halogens is 1. The first-order valence-corrected chi connectivity index (χ1v) is 10.8. The fourth-order valence-corrected chi connectivity index (χ4v) is 3.30. The van der Waals surface area contributed by atoms with Crippen LogP contribution in [0.2, 0.25) is 0 Å². The van der Waals surface area contributed by atoms with Crippen LogP contribution in [-0.2, 0) is 11.2 Å². The lowest BCUT2D eigenvalue weighted by atomic mass is 9.86. The highest BCUT2D eigenvalue weighted by atomic mass is 19.1. The summed E-state index contributed by atoms with van der Waals surface area (Å²) in [7, 11) is 0. The SMILES string of the molecule is C/C=C(C)\C=C(/C)F.CC(C)(C)Cc1ccc2c(c1)C(NCCCNC=O)CCO2. The van der Waals surface area contributed by atoms with E-state index in [-0.39, 0.29) is 11.2 Å². The van der Waals surface area contributed by atoms with Crippen molar-refractivity contribution in [1.82, 2.24) is 10.6 Å². The van der Waals surface area contributed by atoms with Gasteiger partial charge in [0, 0.05) is 24.6 Å². The van der Waals surface area contributed by atoms with Gasteiger partial charge in [-0.1, -0.05) is 44.6 Å². The Balaban J connectivity index is 0.000000479. The highest BCUT2D eigenvalue weighted by Gasteiger charge is 2.22. The van der Waals surface area contributed by atoms with Gasteiger partial charge < -0.3 is 15.4 Å². The molecule has 4 nitrogen and oxygen atoms in total. The van der Waals surface area contributed by atoms with Crippen LogP contribution in [0.3, 0.4) is 0 Å². The second-order valence-electron chi connectivity index (χ2n) is 8.94. The minimum Gasteiger partial charge on any atom is -0.493 e. The van der Waals surface area contributed by atoms with Crippen molar-refractivity contribution in [3.63, 3.8) is 0 Å². The molecule has 1 amide bonds. The molecule has 1 aliphatic rings. The van der Waals surface area contributed by atoms with Crippen LogP contribution in [0.1, 0.15) is 71.6 Å². The van der Waals surface area contributed by atoms with Crippen LogP contribution in [0.15, 0.2) is 41.8 Å². The summed E-state index contributed by atoms with van der Waals surface area (Å²) in [5, 5.41) is 6.29. The van der Waals surface area contributed by atoms with Crippen LogP contribution in [0.5, 0.6) is 5.75 Å². The zero-order valence-corrected chi connectivity index (χ0v) is 19.5. The summed E-state index contributed by atoms with van der Waals surface area (Å²) in [6.07, 6.45) is 7.11. The Hall–Kier alpha value is -2.14. The Labute approximate surface area is 182 Å². The smallest absolute Gasteiger partial charge is 0.207 e. The van der Waals surface area contributed by atoms with Crippen LogP contribution in [0.25, 0.3) is 0 Å². The Morgan fingerprint density at radius 2 is 2.00 bits per heavy atom. The van der Waals surface area contributed by atoms with E-state index in [1.54, 1.807) is 0 Å².